The maximum atomic E-state index is 8.58. The molecule has 0 saturated heterocycles. The molecule has 0 aliphatic carbocycles. The summed E-state index contributed by atoms with van der Waals surface area (Å²) >= 11 is -5.62. The van der Waals surface area contributed by atoms with Crippen molar-refractivity contribution in [3.05, 3.63) is 0 Å². The van der Waals surface area contributed by atoms with E-state index in [1.807, 2.05) is 0 Å². The molecule has 0 rings (SSSR count). The van der Waals surface area contributed by atoms with Crippen molar-refractivity contribution in [3.63, 3.8) is 0 Å². The third kappa shape index (κ3) is 18.1. The summed E-state index contributed by atoms with van der Waals surface area (Å²) in [5, 5.41) is 0. The summed E-state index contributed by atoms with van der Waals surface area (Å²) in [5.74, 6) is 0. The van der Waals surface area contributed by atoms with Gasteiger partial charge >= 0.3 is 80.0 Å². The Balaban J connectivity index is -0.0000000904. The summed E-state index contributed by atoms with van der Waals surface area (Å²) in [5.41, 5.74) is 0. The van der Waals surface area contributed by atoms with E-state index in [9.17, 15) is 0 Å². The van der Waals surface area contributed by atoms with Crippen molar-refractivity contribution in [2.45, 2.75) is 27.7 Å². The van der Waals surface area contributed by atoms with Crippen LogP contribution in [0.25, 0.3) is 0 Å². The number of halogens is 1. The third-order valence-electron chi connectivity index (χ3n) is 2.68. The molecule has 0 fully saturated rings. The van der Waals surface area contributed by atoms with Crippen LogP contribution in [0.1, 0.15) is 27.7 Å². The normalized spacial score (nSPS) is 10.3. The van der Waals surface area contributed by atoms with Gasteiger partial charge in [0, 0.05) is 0 Å². The molecule has 0 unspecified atom stereocenters. The zero-order valence-electron chi connectivity index (χ0n) is 10.7. The second-order valence-corrected chi connectivity index (χ2v) is 4.16. The molecule has 0 aromatic rings. The molecule has 0 atom stereocenters. The molecule has 5 nitrogen and oxygen atoms in total. The van der Waals surface area contributed by atoms with E-state index in [1.54, 1.807) is 0 Å². The third-order valence-corrected chi connectivity index (χ3v) is 2.68. The zero-order chi connectivity index (χ0) is 11.8. The molecule has 0 aliphatic heterocycles. The average molecular weight is 324 g/mol. The van der Waals surface area contributed by atoms with E-state index in [2.05, 4.69) is 27.7 Å². The predicted octanol–water partition coefficient (Wildman–Crippen LogP) is -5.66. The first-order valence-electron chi connectivity index (χ1n) is 4.71. The Bertz CT molecular complexity index is 252. The molecule has 0 spiro atoms. The fourth-order valence-corrected chi connectivity index (χ4v) is 1.34. The number of quaternary nitrogens is 1. The second-order valence-electron chi connectivity index (χ2n) is 2.98. The Morgan fingerprint density at radius 1 is 0.875 bits per heavy atom. The van der Waals surface area contributed by atoms with Crippen molar-refractivity contribution in [3.8, 4) is 0 Å². The van der Waals surface area contributed by atoms with Crippen molar-refractivity contribution in [2.24, 2.45) is 0 Å². The van der Waals surface area contributed by atoms with Crippen LogP contribution in [-0.2, 0) is 24.5 Å². The van der Waals surface area contributed by atoms with Gasteiger partial charge in [0.05, 0.1) is 26.2 Å². The van der Waals surface area contributed by atoms with Gasteiger partial charge in [0.25, 0.3) is 0 Å². The number of hydrogen-bond donors (Lipinski definition) is 0. The molecule has 0 aromatic heterocycles. The molecule has 0 N–H and O–H groups in total. The molecule has 0 bridgehead atoms. The molecule has 96 valence electrons. The van der Waals surface area contributed by atoms with E-state index in [0.29, 0.717) is 0 Å². The van der Waals surface area contributed by atoms with Crippen LogP contribution in [0, 0.1) is 0 Å². The van der Waals surface area contributed by atoms with Gasteiger partial charge in [-0.2, -0.15) is 0 Å². The van der Waals surface area contributed by atoms with Crippen molar-refractivity contribution < 1.29 is 96.9 Å². The predicted molar refractivity (Wildman–Crippen MR) is 44.5 cm³/mol. The van der Waals surface area contributed by atoms with E-state index in [4.69, 9.17) is 15.7 Å². The van der Waals surface area contributed by atoms with E-state index in [-0.39, 0.29) is 63.8 Å². The standard InChI is InChI=1S/C8H20N.ClH.K.Mn.4O/c1-5-9(6-2,7-3)8-4;;;;;;;/h5-8H2,1-4H3;1H;;;;;;/q+1;;+1;;;;;-1/p-1. The van der Waals surface area contributed by atoms with Gasteiger partial charge in [-0.3, -0.25) is 0 Å². The topological polar surface area (TPSA) is 74.3 Å². The van der Waals surface area contributed by atoms with Gasteiger partial charge in [0.2, 0.25) is 0 Å². The molecule has 0 radical (unpaired) electrons. The molecule has 0 heterocycles. The van der Waals surface area contributed by atoms with Gasteiger partial charge in [-0.25, -0.2) is 0 Å². The van der Waals surface area contributed by atoms with Crippen molar-refractivity contribution in [1.82, 2.24) is 0 Å². The Labute approximate surface area is 149 Å². The first-order valence-corrected chi connectivity index (χ1v) is 6.64. The Morgan fingerprint density at radius 3 is 1.00 bits per heavy atom. The van der Waals surface area contributed by atoms with Gasteiger partial charge in [0.15, 0.2) is 0 Å². The molecule has 0 amide bonds. The Morgan fingerprint density at radius 2 is 1.00 bits per heavy atom. The fraction of sp³-hybridized carbons (Fsp3) is 1.00. The fourth-order valence-electron chi connectivity index (χ4n) is 1.34. The van der Waals surface area contributed by atoms with Crippen LogP contribution in [0.15, 0.2) is 0 Å². The summed E-state index contributed by atoms with van der Waals surface area (Å²) in [6, 6.07) is 0. The minimum absolute atomic E-state index is 0. The van der Waals surface area contributed by atoms with Crippen LogP contribution in [0.5, 0.6) is 0 Å². The van der Waals surface area contributed by atoms with E-state index in [0.717, 1.165) is 0 Å². The summed E-state index contributed by atoms with van der Waals surface area (Å²) in [6.07, 6.45) is 0. The minimum atomic E-state index is -5.62. The first-order chi connectivity index (χ1) is 6.24. The summed E-state index contributed by atoms with van der Waals surface area (Å²) < 4.78 is 35.6. The van der Waals surface area contributed by atoms with Crippen LogP contribution in [0.2, 0.25) is 0 Å². The van der Waals surface area contributed by atoms with Gasteiger partial charge in [-0.05, 0) is 27.7 Å². The van der Waals surface area contributed by atoms with Crippen LogP contribution < -0.4 is 68.0 Å². The van der Waals surface area contributed by atoms with Gasteiger partial charge in [-0.1, -0.05) is 0 Å². The van der Waals surface area contributed by atoms with E-state index >= 15 is 0 Å². The SMILES string of the molecule is CC[N+](CC)(CC)CC.[Cl-].[K+].[O]=[Mn](=[O])(=[O])[O-]. The monoisotopic (exact) mass is 323 g/mol. The van der Waals surface area contributed by atoms with Gasteiger partial charge < -0.3 is 16.9 Å². The molecular formula is C8H20ClKMnNO4. The van der Waals surface area contributed by atoms with Crippen LogP contribution in [-0.4, -0.2) is 30.7 Å². The van der Waals surface area contributed by atoms with Gasteiger partial charge in [0.1, 0.15) is 0 Å². The Hall–Kier alpha value is 1.77. The van der Waals surface area contributed by atoms with E-state index < -0.39 is 13.0 Å². The maximum absolute atomic E-state index is 8.58. The molecule has 0 aliphatic rings. The molecule has 8 heteroatoms. The number of hydrogen-bond acceptors (Lipinski definition) is 4. The van der Waals surface area contributed by atoms with Crippen molar-refractivity contribution in [1.29, 1.82) is 0 Å². The quantitative estimate of drug-likeness (QED) is 0.382. The zero-order valence-corrected chi connectivity index (χ0v) is 15.7. The summed E-state index contributed by atoms with van der Waals surface area (Å²) in [7, 11) is 0. The molecule has 0 aromatic carbocycles. The van der Waals surface area contributed by atoms with Gasteiger partial charge in [-0.15, -0.1) is 0 Å². The van der Waals surface area contributed by atoms with Crippen molar-refractivity contribution in [2.75, 3.05) is 26.2 Å². The van der Waals surface area contributed by atoms with E-state index in [1.165, 1.54) is 30.7 Å². The van der Waals surface area contributed by atoms with Crippen LogP contribution >= 0.6 is 0 Å². The second kappa shape index (κ2) is 13.2. The molecule has 16 heavy (non-hydrogen) atoms. The first kappa shape index (κ1) is 26.4. The molecule has 0 saturated carbocycles. The number of rotatable bonds is 4. The number of nitrogens with zero attached hydrogens (tertiary/aromatic N) is 1. The summed E-state index contributed by atoms with van der Waals surface area (Å²) in [6.45, 7) is 14.2. The summed E-state index contributed by atoms with van der Waals surface area (Å²) in [4.78, 5) is 0. The van der Waals surface area contributed by atoms with Crippen LogP contribution in [0.3, 0.4) is 0 Å². The Kier molecular flexibility index (Phi) is 21.7. The van der Waals surface area contributed by atoms with Crippen molar-refractivity contribution >= 4 is 0 Å². The molecular weight excluding hydrogens is 304 g/mol. The average Bonchev–Trinajstić information content (AvgIpc) is 2.07. The van der Waals surface area contributed by atoms with Crippen LogP contribution in [0.4, 0.5) is 0 Å².